The van der Waals surface area contributed by atoms with Crippen LogP contribution in [0, 0.1) is 0 Å². The van der Waals surface area contributed by atoms with Gasteiger partial charge in [-0.15, -0.1) is 0 Å². The fraction of sp³-hybridized carbons (Fsp3) is 0.167. The van der Waals surface area contributed by atoms with E-state index in [0.717, 1.165) is 10.8 Å². The monoisotopic (exact) mass is 345 g/mol. The minimum absolute atomic E-state index is 0.0559. The van der Waals surface area contributed by atoms with Crippen molar-refractivity contribution in [3.63, 3.8) is 0 Å². The number of rotatable bonds is 7. The zero-order valence-electron chi connectivity index (χ0n) is 10.9. The molecule has 1 atom stereocenters. The van der Waals surface area contributed by atoms with E-state index < -0.39 is 29.9 Å². The maximum atomic E-state index is 10.9. The highest BCUT2D eigenvalue weighted by Crippen LogP contribution is 2.31. The number of nitrogens with one attached hydrogen (secondary N) is 1. The van der Waals surface area contributed by atoms with Crippen LogP contribution in [0.15, 0.2) is 29.2 Å². The topological polar surface area (TPSA) is 141 Å². The Balaban J connectivity index is 2.52. The van der Waals surface area contributed by atoms with E-state index in [1.54, 1.807) is 12.1 Å². The number of hydrogen-bond acceptors (Lipinski definition) is 6. The van der Waals surface area contributed by atoms with E-state index in [2.05, 4.69) is 0 Å². The van der Waals surface area contributed by atoms with Crippen molar-refractivity contribution in [1.82, 2.24) is 5.32 Å². The summed E-state index contributed by atoms with van der Waals surface area (Å²) in [5, 5.41) is 28.0. The molecule has 22 heavy (non-hydrogen) atoms. The van der Waals surface area contributed by atoms with Gasteiger partial charge in [0.15, 0.2) is 0 Å². The average molecular weight is 345 g/mol. The number of carboxylic acids is 3. The summed E-state index contributed by atoms with van der Waals surface area (Å²) in [7, 11) is 2.28. The normalized spacial score (nSPS) is 11.5. The third kappa shape index (κ3) is 5.66. The van der Waals surface area contributed by atoms with E-state index >= 15 is 0 Å². The lowest BCUT2D eigenvalue weighted by Crippen LogP contribution is -2.45. The van der Waals surface area contributed by atoms with E-state index in [1.165, 1.54) is 22.9 Å². The molecule has 0 saturated heterocycles. The molecule has 0 bridgehead atoms. The van der Waals surface area contributed by atoms with Gasteiger partial charge in [0.2, 0.25) is 0 Å². The first-order valence-corrected chi connectivity index (χ1v) is 8.02. The molecule has 0 aliphatic heterocycles. The molecule has 4 N–H and O–H groups in total. The van der Waals surface area contributed by atoms with Gasteiger partial charge in [-0.1, -0.05) is 21.6 Å². The number of aliphatic carboxylic acids is 2. The van der Waals surface area contributed by atoms with Crippen LogP contribution < -0.4 is 5.32 Å². The van der Waals surface area contributed by atoms with Crippen LogP contribution in [-0.2, 0) is 14.4 Å². The Morgan fingerprint density at radius 2 is 1.64 bits per heavy atom. The highest BCUT2D eigenvalue weighted by Gasteiger charge is 2.23. The van der Waals surface area contributed by atoms with E-state index in [1.807, 2.05) is 5.32 Å². The first-order valence-electron chi connectivity index (χ1n) is 5.70. The van der Waals surface area contributed by atoms with Crippen molar-refractivity contribution in [3.05, 3.63) is 29.8 Å². The molecule has 1 aromatic carbocycles. The van der Waals surface area contributed by atoms with Gasteiger partial charge in [0.05, 0.1) is 5.56 Å². The van der Waals surface area contributed by atoms with Crippen molar-refractivity contribution in [2.75, 3.05) is 5.75 Å². The highest BCUT2D eigenvalue weighted by atomic mass is 33.1. The van der Waals surface area contributed by atoms with Crippen molar-refractivity contribution in [1.29, 1.82) is 0 Å². The summed E-state index contributed by atoms with van der Waals surface area (Å²) < 4.78 is 0. The summed E-state index contributed by atoms with van der Waals surface area (Å²) in [5.41, 5.74) is 0.131. The molecule has 0 unspecified atom stereocenters. The van der Waals surface area contributed by atoms with Crippen LogP contribution in [-0.4, -0.2) is 50.9 Å². The fourth-order valence-electron chi connectivity index (χ4n) is 1.22. The molecule has 0 spiro atoms. The van der Waals surface area contributed by atoms with Crippen LogP contribution in [0.25, 0.3) is 0 Å². The molecule has 0 radical (unpaired) electrons. The predicted molar refractivity (Wildman–Crippen MR) is 78.9 cm³/mol. The van der Waals surface area contributed by atoms with Crippen LogP contribution in [0.1, 0.15) is 10.4 Å². The summed E-state index contributed by atoms with van der Waals surface area (Å²) in [5.74, 6) is -5.59. The first kappa shape index (κ1) is 17.9. The van der Waals surface area contributed by atoms with Crippen molar-refractivity contribution in [2.45, 2.75) is 10.9 Å². The summed E-state index contributed by atoms with van der Waals surface area (Å²) in [6.45, 7) is 0. The molecule has 0 fully saturated rings. The molecule has 0 aliphatic carbocycles. The third-order valence-electron chi connectivity index (χ3n) is 2.29. The van der Waals surface area contributed by atoms with Crippen LogP contribution in [0.4, 0.5) is 0 Å². The van der Waals surface area contributed by atoms with Crippen molar-refractivity contribution in [3.8, 4) is 0 Å². The van der Waals surface area contributed by atoms with Crippen LogP contribution in [0.5, 0.6) is 0 Å². The summed E-state index contributed by atoms with van der Waals surface area (Å²) in [6.07, 6.45) is 0. The van der Waals surface area contributed by atoms with E-state index in [4.69, 9.17) is 15.3 Å². The SMILES string of the molecule is O=C(O)C(=O)N[C@@H](CSSc1ccc(C(=O)O)cc1)C(=O)O. The maximum Gasteiger partial charge on any atom is 0.394 e. The second-order valence-corrected chi connectivity index (χ2v) is 6.28. The molecule has 0 heterocycles. The van der Waals surface area contributed by atoms with Crippen molar-refractivity contribution < 1.29 is 34.5 Å². The fourth-order valence-corrected chi connectivity index (χ4v) is 3.39. The standard InChI is InChI=1S/C12H11NO7S2/c14-9(12(19)20)13-8(11(17)18)5-21-22-7-3-1-6(2-4-7)10(15)16/h1-4,8H,5H2,(H,13,14)(H,15,16)(H,17,18)(H,19,20)/t8-/m0/s1. The maximum absolute atomic E-state index is 10.9. The molecule has 10 heteroatoms. The second-order valence-electron chi connectivity index (χ2n) is 3.87. The van der Waals surface area contributed by atoms with Gasteiger partial charge >= 0.3 is 23.8 Å². The van der Waals surface area contributed by atoms with Gasteiger partial charge < -0.3 is 20.6 Å². The number of amides is 1. The number of carbonyl (C=O) groups excluding carboxylic acids is 1. The largest absolute Gasteiger partial charge is 0.480 e. The summed E-state index contributed by atoms with van der Waals surface area (Å²) in [4.78, 5) is 43.6. The first-order chi connectivity index (χ1) is 10.3. The number of benzene rings is 1. The number of carbonyl (C=O) groups is 4. The minimum Gasteiger partial charge on any atom is -0.480 e. The summed E-state index contributed by atoms with van der Waals surface area (Å²) in [6, 6.07) is 4.61. The van der Waals surface area contributed by atoms with Gasteiger partial charge in [0, 0.05) is 10.6 Å². The Morgan fingerprint density at radius 1 is 1.05 bits per heavy atom. The zero-order valence-corrected chi connectivity index (χ0v) is 12.5. The van der Waals surface area contributed by atoms with Gasteiger partial charge in [-0.3, -0.25) is 4.79 Å². The lowest BCUT2D eigenvalue weighted by atomic mass is 10.2. The average Bonchev–Trinajstić information content (AvgIpc) is 2.46. The van der Waals surface area contributed by atoms with Crippen LogP contribution in [0.2, 0.25) is 0 Å². The number of aromatic carboxylic acids is 1. The summed E-state index contributed by atoms with van der Waals surface area (Å²) >= 11 is 0. The van der Waals surface area contributed by atoms with Crippen LogP contribution >= 0.6 is 21.6 Å². The van der Waals surface area contributed by atoms with Gasteiger partial charge in [0.25, 0.3) is 0 Å². The predicted octanol–water partition coefficient (Wildman–Crippen LogP) is 0.779. The van der Waals surface area contributed by atoms with Gasteiger partial charge in [-0.25, -0.2) is 14.4 Å². The van der Waals surface area contributed by atoms with Gasteiger partial charge in [-0.2, -0.15) is 0 Å². The molecule has 1 rings (SSSR count). The molecule has 1 amide bonds. The Morgan fingerprint density at radius 3 is 2.09 bits per heavy atom. The Hall–Kier alpha value is -2.20. The minimum atomic E-state index is -1.76. The highest BCUT2D eigenvalue weighted by molar-refractivity contribution is 8.76. The molecule has 0 aromatic heterocycles. The molecular formula is C12H11NO7S2. The Labute approximate surface area is 132 Å². The molecule has 8 nitrogen and oxygen atoms in total. The Kier molecular flexibility index (Phi) is 6.73. The van der Waals surface area contributed by atoms with E-state index in [-0.39, 0.29) is 11.3 Å². The van der Waals surface area contributed by atoms with Crippen LogP contribution in [0.3, 0.4) is 0 Å². The second kappa shape index (κ2) is 8.29. The number of hydrogen-bond donors (Lipinski definition) is 4. The van der Waals surface area contributed by atoms with E-state index in [9.17, 15) is 19.2 Å². The molecule has 118 valence electrons. The van der Waals surface area contributed by atoms with Crippen molar-refractivity contribution >= 4 is 45.4 Å². The van der Waals surface area contributed by atoms with E-state index in [0.29, 0.717) is 4.90 Å². The number of carboxylic acid groups (broad SMARTS) is 3. The zero-order chi connectivity index (χ0) is 16.7. The quantitative estimate of drug-likeness (QED) is 0.416. The smallest absolute Gasteiger partial charge is 0.394 e. The Bertz CT molecular complexity index is 588. The van der Waals surface area contributed by atoms with Crippen molar-refractivity contribution in [2.24, 2.45) is 0 Å². The van der Waals surface area contributed by atoms with Gasteiger partial charge in [0.1, 0.15) is 6.04 Å². The van der Waals surface area contributed by atoms with Gasteiger partial charge in [-0.05, 0) is 24.3 Å². The molecule has 1 aromatic rings. The molecule has 0 saturated carbocycles. The lowest BCUT2D eigenvalue weighted by Gasteiger charge is -2.12. The third-order valence-corrected chi connectivity index (χ3v) is 4.68. The molecule has 0 aliphatic rings. The lowest BCUT2D eigenvalue weighted by molar-refractivity contribution is -0.151. The molecular weight excluding hydrogens is 334 g/mol.